The van der Waals surface area contributed by atoms with E-state index >= 15 is 0 Å². The molecule has 1 N–H and O–H groups in total. The summed E-state index contributed by atoms with van der Waals surface area (Å²) in [7, 11) is 0. The molecule has 0 aromatic heterocycles. The summed E-state index contributed by atoms with van der Waals surface area (Å²) < 4.78 is 0. The standard InChI is InChI=1S/C36H71NO/c1-3-5-7-9-11-13-15-17-19-21-23-25-27-29-31-33-35-37(38)36-34-32-30-28-26-24-22-20-18-16-14-12-10-8-6-4-2/h17-20,38H,3-16,21-36H2,1-2H3. The van der Waals surface area contributed by atoms with Crippen molar-refractivity contribution in [3.8, 4) is 0 Å². The average molecular weight is 534 g/mol. The quantitative estimate of drug-likeness (QED) is 0.0528. The minimum absolute atomic E-state index is 0.853. The molecule has 0 aliphatic carbocycles. The lowest BCUT2D eigenvalue weighted by Crippen LogP contribution is -2.21. The molecule has 0 aliphatic rings. The molecule has 0 bridgehead atoms. The van der Waals surface area contributed by atoms with E-state index < -0.39 is 0 Å². The Morgan fingerprint density at radius 3 is 0.868 bits per heavy atom. The Labute approximate surface area is 241 Å². The molecule has 38 heavy (non-hydrogen) atoms. The number of allylic oxidation sites excluding steroid dienone is 4. The van der Waals surface area contributed by atoms with Crippen molar-refractivity contribution in [3.63, 3.8) is 0 Å². The fourth-order valence-corrected chi connectivity index (χ4v) is 5.20. The highest BCUT2D eigenvalue weighted by Crippen LogP contribution is 2.12. The Morgan fingerprint density at radius 1 is 0.342 bits per heavy atom. The Hall–Kier alpha value is -0.600. The average Bonchev–Trinajstić information content (AvgIpc) is 2.92. The lowest BCUT2D eigenvalue weighted by Gasteiger charge is -2.14. The highest BCUT2D eigenvalue weighted by molar-refractivity contribution is 4.82. The zero-order valence-electron chi connectivity index (χ0n) is 26.4. The Bertz CT molecular complexity index is 430. The van der Waals surface area contributed by atoms with Crippen LogP contribution in [-0.2, 0) is 0 Å². The summed E-state index contributed by atoms with van der Waals surface area (Å²) in [5.74, 6) is 0. The van der Waals surface area contributed by atoms with Crippen molar-refractivity contribution >= 4 is 0 Å². The first-order chi connectivity index (χ1) is 18.8. The number of hydroxylamine groups is 2. The maximum Gasteiger partial charge on any atom is 0.0238 e. The summed E-state index contributed by atoms with van der Waals surface area (Å²) in [5.41, 5.74) is 0. The van der Waals surface area contributed by atoms with Crippen LogP contribution >= 0.6 is 0 Å². The Morgan fingerprint density at radius 2 is 0.579 bits per heavy atom. The van der Waals surface area contributed by atoms with Gasteiger partial charge in [0, 0.05) is 13.1 Å². The van der Waals surface area contributed by atoms with Crippen molar-refractivity contribution in [2.75, 3.05) is 13.1 Å². The predicted molar refractivity (Wildman–Crippen MR) is 172 cm³/mol. The molecular weight excluding hydrogens is 462 g/mol. The van der Waals surface area contributed by atoms with Gasteiger partial charge in [-0.05, 0) is 64.2 Å². The predicted octanol–water partition coefficient (Wildman–Crippen LogP) is 12.8. The highest BCUT2D eigenvalue weighted by Gasteiger charge is 2.00. The van der Waals surface area contributed by atoms with Gasteiger partial charge in [-0.1, -0.05) is 154 Å². The van der Waals surface area contributed by atoms with Crippen LogP contribution in [0.2, 0.25) is 0 Å². The van der Waals surface area contributed by atoms with Crippen LogP contribution in [0.5, 0.6) is 0 Å². The second-order valence-corrected chi connectivity index (χ2v) is 11.8. The molecule has 0 unspecified atom stereocenters. The molecule has 0 amide bonds. The first-order valence-corrected chi connectivity index (χ1v) is 17.5. The van der Waals surface area contributed by atoms with Crippen LogP contribution in [-0.4, -0.2) is 23.4 Å². The van der Waals surface area contributed by atoms with Crippen molar-refractivity contribution < 1.29 is 5.21 Å². The van der Waals surface area contributed by atoms with Crippen LogP contribution in [0.4, 0.5) is 0 Å². The molecule has 0 heterocycles. The van der Waals surface area contributed by atoms with E-state index in [1.54, 1.807) is 5.06 Å². The number of nitrogens with zero attached hydrogens (tertiary/aromatic N) is 1. The molecule has 0 fully saturated rings. The molecule has 0 saturated carbocycles. The van der Waals surface area contributed by atoms with Crippen LogP contribution in [0.3, 0.4) is 0 Å². The van der Waals surface area contributed by atoms with E-state index in [0.717, 1.165) is 25.9 Å². The smallest absolute Gasteiger partial charge is 0.0238 e. The van der Waals surface area contributed by atoms with Crippen LogP contribution in [0, 0.1) is 0 Å². The first-order valence-electron chi connectivity index (χ1n) is 17.5. The van der Waals surface area contributed by atoms with E-state index in [0.29, 0.717) is 0 Å². The van der Waals surface area contributed by atoms with Gasteiger partial charge in [0.1, 0.15) is 0 Å². The lowest BCUT2D eigenvalue weighted by atomic mass is 10.1. The maximum absolute atomic E-state index is 10.1. The number of unbranched alkanes of at least 4 members (excludes halogenated alkanes) is 24. The third kappa shape index (κ3) is 33.4. The van der Waals surface area contributed by atoms with Crippen molar-refractivity contribution in [2.45, 2.75) is 194 Å². The van der Waals surface area contributed by atoms with Crippen LogP contribution in [0.1, 0.15) is 194 Å². The van der Waals surface area contributed by atoms with E-state index in [2.05, 4.69) is 38.2 Å². The Kier molecular flexibility index (Phi) is 33.9. The summed E-state index contributed by atoms with van der Waals surface area (Å²) >= 11 is 0. The van der Waals surface area contributed by atoms with Gasteiger partial charge in [-0.2, -0.15) is 5.06 Å². The third-order valence-electron chi connectivity index (χ3n) is 7.86. The van der Waals surface area contributed by atoms with Gasteiger partial charge in [-0.15, -0.1) is 0 Å². The summed E-state index contributed by atoms with van der Waals surface area (Å²) in [4.78, 5) is 0. The van der Waals surface area contributed by atoms with E-state index in [1.807, 2.05) is 0 Å². The number of rotatable bonds is 32. The molecule has 0 rings (SSSR count). The van der Waals surface area contributed by atoms with Crippen molar-refractivity contribution in [1.29, 1.82) is 0 Å². The molecule has 226 valence electrons. The van der Waals surface area contributed by atoms with E-state index in [4.69, 9.17) is 0 Å². The van der Waals surface area contributed by atoms with Crippen molar-refractivity contribution in [1.82, 2.24) is 5.06 Å². The zero-order chi connectivity index (χ0) is 27.6. The second-order valence-electron chi connectivity index (χ2n) is 11.8. The van der Waals surface area contributed by atoms with Gasteiger partial charge in [-0.3, -0.25) is 0 Å². The van der Waals surface area contributed by atoms with Gasteiger partial charge in [0.25, 0.3) is 0 Å². The van der Waals surface area contributed by atoms with Crippen LogP contribution in [0.15, 0.2) is 24.3 Å². The third-order valence-corrected chi connectivity index (χ3v) is 7.86. The maximum atomic E-state index is 10.1. The van der Waals surface area contributed by atoms with Gasteiger partial charge >= 0.3 is 0 Å². The molecule has 0 aromatic carbocycles. The number of hydrogen-bond donors (Lipinski definition) is 1. The minimum atomic E-state index is 0.853. The normalized spacial score (nSPS) is 12.1. The fourth-order valence-electron chi connectivity index (χ4n) is 5.20. The molecular formula is C36H71NO. The summed E-state index contributed by atoms with van der Waals surface area (Å²) in [5, 5.41) is 11.7. The lowest BCUT2D eigenvalue weighted by molar-refractivity contribution is -0.0925. The second kappa shape index (κ2) is 34.4. The minimum Gasteiger partial charge on any atom is -0.314 e. The van der Waals surface area contributed by atoms with E-state index in [-0.39, 0.29) is 0 Å². The van der Waals surface area contributed by atoms with Gasteiger partial charge in [0.2, 0.25) is 0 Å². The van der Waals surface area contributed by atoms with Crippen LogP contribution < -0.4 is 0 Å². The first kappa shape index (κ1) is 37.4. The molecule has 2 heteroatoms. The summed E-state index contributed by atoms with van der Waals surface area (Å²) in [6.07, 6.45) is 47.1. The molecule has 0 spiro atoms. The van der Waals surface area contributed by atoms with Gasteiger partial charge in [-0.25, -0.2) is 0 Å². The Balaban J connectivity index is 3.22. The van der Waals surface area contributed by atoms with Gasteiger partial charge in [0.15, 0.2) is 0 Å². The van der Waals surface area contributed by atoms with Gasteiger partial charge in [0.05, 0.1) is 0 Å². The van der Waals surface area contributed by atoms with Crippen molar-refractivity contribution in [3.05, 3.63) is 24.3 Å². The molecule has 2 nitrogen and oxygen atoms in total. The molecule has 0 atom stereocenters. The highest BCUT2D eigenvalue weighted by atomic mass is 16.5. The fraction of sp³-hybridized carbons (Fsp3) is 0.889. The van der Waals surface area contributed by atoms with Crippen LogP contribution in [0.25, 0.3) is 0 Å². The van der Waals surface area contributed by atoms with Crippen molar-refractivity contribution in [2.24, 2.45) is 0 Å². The monoisotopic (exact) mass is 534 g/mol. The van der Waals surface area contributed by atoms with E-state index in [1.165, 1.54) is 167 Å². The SMILES string of the molecule is CCCCCCCCC=CCCCCCCCCN(O)CCCCCCCCC=CCCCCCCCC. The molecule has 0 radical (unpaired) electrons. The summed E-state index contributed by atoms with van der Waals surface area (Å²) in [6.45, 7) is 6.28. The van der Waals surface area contributed by atoms with Gasteiger partial charge < -0.3 is 5.21 Å². The molecule has 0 aliphatic heterocycles. The topological polar surface area (TPSA) is 23.5 Å². The molecule has 0 aromatic rings. The summed E-state index contributed by atoms with van der Waals surface area (Å²) in [6, 6.07) is 0. The largest absolute Gasteiger partial charge is 0.314 e. The number of hydrogen-bond acceptors (Lipinski definition) is 2. The zero-order valence-corrected chi connectivity index (χ0v) is 26.4. The van der Waals surface area contributed by atoms with E-state index in [9.17, 15) is 5.21 Å². The molecule has 0 saturated heterocycles.